The van der Waals surface area contributed by atoms with Crippen LogP contribution >= 0.6 is 11.3 Å². The molecule has 1 saturated heterocycles. The standard InChI is InChI=1S/C20H20N4O4S/c1-27-15-6-4-13(5-7-15)9-17-22-23-20(29-17)21-19(26)14-10-18(25)24(11-14)12-16-3-2-8-28-16/h2-8,14H,9-12H2,1H3,(H,21,23,26)/t14-/m1/s1. The molecule has 8 nitrogen and oxygen atoms in total. The summed E-state index contributed by atoms with van der Waals surface area (Å²) < 4.78 is 10.4. The van der Waals surface area contributed by atoms with Gasteiger partial charge in [0.15, 0.2) is 0 Å². The van der Waals surface area contributed by atoms with E-state index in [2.05, 4.69) is 15.5 Å². The Bertz CT molecular complexity index is 984. The third-order valence-corrected chi connectivity index (χ3v) is 5.56. The maximum atomic E-state index is 12.6. The first-order valence-electron chi connectivity index (χ1n) is 9.17. The summed E-state index contributed by atoms with van der Waals surface area (Å²) in [7, 11) is 1.63. The molecule has 0 bridgehead atoms. The first-order chi connectivity index (χ1) is 14.1. The summed E-state index contributed by atoms with van der Waals surface area (Å²) in [4.78, 5) is 26.4. The zero-order valence-electron chi connectivity index (χ0n) is 15.8. The van der Waals surface area contributed by atoms with Gasteiger partial charge < -0.3 is 19.4 Å². The highest BCUT2D eigenvalue weighted by Crippen LogP contribution is 2.24. The molecule has 29 heavy (non-hydrogen) atoms. The molecule has 9 heteroatoms. The van der Waals surface area contributed by atoms with E-state index in [1.54, 1.807) is 24.3 Å². The molecule has 2 amide bonds. The molecule has 0 spiro atoms. The Balaban J connectivity index is 1.32. The van der Waals surface area contributed by atoms with Crippen LogP contribution in [0.15, 0.2) is 47.1 Å². The van der Waals surface area contributed by atoms with E-state index in [1.807, 2.05) is 30.3 Å². The first-order valence-corrected chi connectivity index (χ1v) is 9.98. The van der Waals surface area contributed by atoms with Gasteiger partial charge in [-0.15, -0.1) is 10.2 Å². The van der Waals surface area contributed by atoms with Crippen LogP contribution in [-0.4, -0.2) is 40.6 Å². The van der Waals surface area contributed by atoms with Gasteiger partial charge in [-0.3, -0.25) is 9.59 Å². The molecule has 1 fully saturated rings. The fourth-order valence-corrected chi connectivity index (χ4v) is 3.97. The predicted octanol–water partition coefficient (Wildman–Crippen LogP) is 2.72. The lowest BCUT2D eigenvalue weighted by molar-refractivity contribution is -0.128. The third kappa shape index (κ3) is 4.62. The summed E-state index contributed by atoms with van der Waals surface area (Å²) in [6.07, 6.45) is 2.37. The number of amides is 2. The SMILES string of the molecule is COc1ccc(Cc2nnc(NC(=O)[C@@H]3CC(=O)N(Cc4ccco4)C3)s2)cc1. The Morgan fingerprint density at radius 3 is 2.86 bits per heavy atom. The molecule has 4 rings (SSSR count). The number of carbonyl (C=O) groups is 2. The fourth-order valence-electron chi connectivity index (χ4n) is 3.19. The number of carbonyl (C=O) groups excluding carboxylic acids is 2. The van der Waals surface area contributed by atoms with E-state index < -0.39 is 5.92 Å². The van der Waals surface area contributed by atoms with Crippen LogP contribution in [-0.2, 0) is 22.6 Å². The van der Waals surface area contributed by atoms with E-state index in [-0.39, 0.29) is 18.2 Å². The van der Waals surface area contributed by atoms with Crippen LogP contribution in [0.3, 0.4) is 0 Å². The summed E-state index contributed by atoms with van der Waals surface area (Å²) in [5.74, 6) is 0.815. The fraction of sp³-hybridized carbons (Fsp3) is 0.300. The van der Waals surface area contributed by atoms with Crippen molar-refractivity contribution in [1.82, 2.24) is 15.1 Å². The number of likely N-dealkylation sites (tertiary alicyclic amines) is 1. The number of anilines is 1. The maximum Gasteiger partial charge on any atom is 0.231 e. The third-order valence-electron chi connectivity index (χ3n) is 4.72. The van der Waals surface area contributed by atoms with Crippen LogP contribution in [0, 0.1) is 5.92 Å². The predicted molar refractivity (Wildman–Crippen MR) is 107 cm³/mol. The Hall–Kier alpha value is -3.20. The molecular formula is C20H20N4O4S. The van der Waals surface area contributed by atoms with E-state index in [9.17, 15) is 9.59 Å². The first kappa shape index (κ1) is 19.1. The molecule has 1 N–H and O–H groups in total. The summed E-state index contributed by atoms with van der Waals surface area (Å²) in [6.45, 7) is 0.739. The molecule has 1 aliphatic heterocycles. The van der Waals surface area contributed by atoms with Gasteiger partial charge >= 0.3 is 0 Å². The highest BCUT2D eigenvalue weighted by Gasteiger charge is 2.35. The zero-order chi connectivity index (χ0) is 20.2. The molecule has 1 atom stereocenters. The van der Waals surface area contributed by atoms with Crippen LogP contribution in [0.1, 0.15) is 22.8 Å². The van der Waals surface area contributed by atoms with Crippen molar-refractivity contribution in [2.45, 2.75) is 19.4 Å². The molecule has 1 aliphatic rings. The van der Waals surface area contributed by atoms with Crippen molar-refractivity contribution >= 4 is 28.3 Å². The van der Waals surface area contributed by atoms with Crippen molar-refractivity contribution in [3.05, 3.63) is 59.0 Å². The monoisotopic (exact) mass is 412 g/mol. The number of ether oxygens (including phenoxy) is 1. The average molecular weight is 412 g/mol. The molecule has 0 saturated carbocycles. The van der Waals surface area contributed by atoms with Gasteiger partial charge in [-0.25, -0.2) is 0 Å². The Labute approximate surface area is 171 Å². The van der Waals surface area contributed by atoms with Crippen molar-refractivity contribution in [2.24, 2.45) is 5.92 Å². The van der Waals surface area contributed by atoms with Gasteiger partial charge in [0.05, 0.1) is 25.8 Å². The minimum Gasteiger partial charge on any atom is -0.497 e. The van der Waals surface area contributed by atoms with Gasteiger partial charge in [0.25, 0.3) is 0 Å². The second kappa shape index (κ2) is 8.44. The van der Waals surface area contributed by atoms with Crippen molar-refractivity contribution < 1.29 is 18.7 Å². The van der Waals surface area contributed by atoms with Gasteiger partial charge in [-0.2, -0.15) is 0 Å². The number of benzene rings is 1. The van der Waals surface area contributed by atoms with Crippen LogP contribution in [0.5, 0.6) is 5.75 Å². The van der Waals surface area contributed by atoms with E-state index in [4.69, 9.17) is 9.15 Å². The summed E-state index contributed by atoms with van der Waals surface area (Å²) in [5, 5.41) is 12.2. The molecule has 0 radical (unpaired) electrons. The maximum absolute atomic E-state index is 12.6. The number of aromatic nitrogens is 2. The van der Waals surface area contributed by atoms with E-state index in [0.29, 0.717) is 30.4 Å². The topological polar surface area (TPSA) is 97.6 Å². The number of nitrogens with one attached hydrogen (secondary N) is 1. The lowest BCUT2D eigenvalue weighted by Crippen LogP contribution is -2.27. The molecule has 1 aromatic carbocycles. The lowest BCUT2D eigenvalue weighted by atomic mass is 10.1. The number of furan rings is 1. The highest BCUT2D eigenvalue weighted by molar-refractivity contribution is 7.15. The largest absolute Gasteiger partial charge is 0.497 e. The number of rotatable bonds is 7. The second-order valence-electron chi connectivity index (χ2n) is 6.77. The number of hydrogen-bond acceptors (Lipinski definition) is 7. The van der Waals surface area contributed by atoms with Crippen molar-refractivity contribution in [3.63, 3.8) is 0 Å². The molecule has 150 valence electrons. The zero-order valence-corrected chi connectivity index (χ0v) is 16.6. The normalized spacial score (nSPS) is 16.2. The molecular weight excluding hydrogens is 392 g/mol. The van der Waals surface area contributed by atoms with Crippen molar-refractivity contribution in [3.8, 4) is 5.75 Å². The van der Waals surface area contributed by atoms with Crippen molar-refractivity contribution in [1.29, 1.82) is 0 Å². The smallest absolute Gasteiger partial charge is 0.231 e. The average Bonchev–Trinajstić information content (AvgIpc) is 3.46. The Morgan fingerprint density at radius 1 is 1.31 bits per heavy atom. The van der Waals surface area contributed by atoms with Gasteiger partial charge in [0.2, 0.25) is 16.9 Å². The number of nitrogens with zero attached hydrogens (tertiary/aromatic N) is 3. The minimum absolute atomic E-state index is 0.0565. The van der Waals surface area contributed by atoms with Crippen LogP contribution in [0.4, 0.5) is 5.13 Å². The van der Waals surface area contributed by atoms with Gasteiger partial charge in [-0.05, 0) is 29.8 Å². The van der Waals surface area contributed by atoms with E-state index in [1.165, 1.54) is 11.3 Å². The highest BCUT2D eigenvalue weighted by atomic mass is 32.1. The van der Waals surface area contributed by atoms with Crippen molar-refractivity contribution in [2.75, 3.05) is 19.0 Å². The molecule has 3 heterocycles. The van der Waals surface area contributed by atoms with Crippen LogP contribution in [0.25, 0.3) is 0 Å². The number of hydrogen-bond donors (Lipinski definition) is 1. The Morgan fingerprint density at radius 2 is 2.14 bits per heavy atom. The van der Waals surface area contributed by atoms with Crippen LogP contribution < -0.4 is 10.1 Å². The van der Waals surface area contributed by atoms with Gasteiger partial charge in [0.1, 0.15) is 16.5 Å². The van der Waals surface area contributed by atoms with Gasteiger partial charge in [0, 0.05) is 19.4 Å². The van der Waals surface area contributed by atoms with Crippen LogP contribution in [0.2, 0.25) is 0 Å². The van der Waals surface area contributed by atoms with Gasteiger partial charge in [-0.1, -0.05) is 23.5 Å². The van der Waals surface area contributed by atoms with E-state index in [0.717, 1.165) is 16.3 Å². The molecule has 0 unspecified atom stereocenters. The Kier molecular flexibility index (Phi) is 5.57. The summed E-state index contributed by atoms with van der Waals surface area (Å²) in [5.41, 5.74) is 1.08. The minimum atomic E-state index is -0.411. The summed E-state index contributed by atoms with van der Waals surface area (Å²) >= 11 is 1.33. The molecule has 0 aliphatic carbocycles. The second-order valence-corrected chi connectivity index (χ2v) is 7.83. The lowest BCUT2D eigenvalue weighted by Gasteiger charge is -2.14. The molecule has 2 aromatic heterocycles. The number of methoxy groups -OCH3 is 1. The molecule has 3 aromatic rings. The quantitative estimate of drug-likeness (QED) is 0.641. The summed E-state index contributed by atoms with van der Waals surface area (Å²) in [6, 6.07) is 11.3. The van der Waals surface area contributed by atoms with E-state index >= 15 is 0 Å².